The molecule has 0 unspecified atom stereocenters. The van der Waals surface area contributed by atoms with E-state index in [1.54, 1.807) is 37.4 Å². The molecule has 0 atom stereocenters. The second-order valence-electron chi connectivity index (χ2n) is 6.18. The van der Waals surface area contributed by atoms with Crippen LogP contribution in [0.2, 0.25) is 0 Å². The number of carbonyl (C=O) groups excluding carboxylic acids is 1. The van der Waals surface area contributed by atoms with Gasteiger partial charge in [0, 0.05) is 11.4 Å². The number of benzene rings is 2. The van der Waals surface area contributed by atoms with E-state index in [1.807, 2.05) is 19.1 Å². The molecule has 7 heteroatoms. The summed E-state index contributed by atoms with van der Waals surface area (Å²) in [6.07, 6.45) is 2.45. The lowest BCUT2D eigenvalue weighted by Gasteiger charge is -2.13. The second-order valence-corrected chi connectivity index (χ2v) is 6.18. The molecule has 0 spiro atoms. The van der Waals surface area contributed by atoms with E-state index in [-0.39, 0.29) is 5.97 Å². The van der Waals surface area contributed by atoms with Crippen molar-refractivity contribution < 1.29 is 9.53 Å². The van der Waals surface area contributed by atoms with E-state index in [9.17, 15) is 4.79 Å². The average molecular weight is 377 g/mol. The smallest absolute Gasteiger partial charge is 0.338 e. The predicted molar refractivity (Wildman–Crippen MR) is 109 cm³/mol. The molecule has 0 saturated carbocycles. The highest BCUT2D eigenvalue weighted by Gasteiger charge is 2.09. The van der Waals surface area contributed by atoms with Gasteiger partial charge in [0.15, 0.2) is 5.82 Å². The first-order valence-electron chi connectivity index (χ1n) is 9.20. The van der Waals surface area contributed by atoms with Gasteiger partial charge in [-0.15, -0.1) is 5.10 Å². The summed E-state index contributed by atoms with van der Waals surface area (Å²) in [5.41, 5.74) is 4.60. The quantitative estimate of drug-likeness (QED) is 0.590. The molecule has 0 aliphatic carbocycles. The Balaban J connectivity index is 1.74. The third-order valence-electron chi connectivity index (χ3n) is 4.20. The fraction of sp³-hybridized carbons (Fsp3) is 0.238. The van der Waals surface area contributed by atoms with Crippen molar-refractivity contribution >= 4 is 29.1 Å². The summed E-state index contributed by atoms with van der Waals surface area (Å²) in [5, 5.41) is 14.5. The molecule has 0 aliphatic heterocycles. The van der Waals surface area contributed by atoms with Gasteiger partial charge in [-0.2, -0.15) is 10.1 Å². The lowest BCUT2D eigenvalue weighted by molar-refractivity contribution is 0.0526. The Labute approximate surface area is 164 Å². The van der Waals surface area contributed by atoms with Crippen LogP contribution in [0.5, 0.6) is 0 Å². The first kappa shape index (κ1) is 19.3. The topological polar surface area (TPSA) is 89.0 Å². The molecule has 0 radical (unpaired) electrons. The van der Waals surface area contributed by atoms with Gasteiger partial charge in [0.25, 0.3) is 0 Å². The number of hydrogen-bond acceptors (Lipinski definition) is 7. The van der Waals surface area contributed by atoms with Crippen LogP contribution in [0.1, 0.15) is 35.3 Å². The number of carbonyl (C=O) groups is 1. The molecule has 144 valence electrons. The first-order valence-corrected chi connectivity index (χ1v) is 9.20. The maximum atomic E-state index is 11.7. The maximum absolute atomic E-state index is 11.7. The van der Waals surface area contributed by atoms with E-state index in [1.165, 1.54) is 5.56 Å². The van der Waals surface area contributed by atoms with Gasteiger partial charge in [0.05, 0.1) is 18.4 Å². The van der Waals surface area contributed by atoms with E-state index in [0.29, 0.717) is 23.9 Å². The number of aryl methyl sites for hydroxylation is 2. The number of aromatic nitrogens is 3. The molecule has 0 fully saturated rings. The SMILES string of the molecule is CCOC(=O)c1ccc(Nc2cnnc(Nc3c(C)cccc3CC)n2)cc1. The number of anilines is 4. The van der Waals surface area contributed by atoms with Gasteiger partial charge in [-0.05, 0) is 55.7 Å². The van der Waals surface area contributed by atoms with Crippen LogP contribution in [0.4, 0.5) is 23.1 Å². The minimum absolute atomic E-state index is 0.339. The fourth-order valence-corrected chi connectivity index (χ4v) is 2.78. The number of nitrogens with zero attached hydrogens (tertiary/aromatic N) is 3. The van der Waals surface area contributed by atoms with Crippen molar-refractivity contribution in [1.82, 2.24) is 15.2 Å². The van der Waals surface area contributed by atoms with E-state index in [0.717, 1.165) is 23.4 Å². The molecule has 2 aromatic carbocycles. The van der Waals surface area contributed by atoms with Crippen molar-refractivity contribution in [2.24, 2.45) is 0 Å². The summed E-state index contributed by atoms with van der Waals surface area (Å²) < 4.78 is 4.99. The highest BCUT2D eigenvalue weighted by Crippen LogP contribution is 2.24. The van der Waals surface area contributed by atoms with Crippen LogP contribution in [0.3, 0.4) is 0 Å². The van der Waals surface area contributed by atoms with Crippen molar-refractivity contribution in [3.63, 3.8) is 0 Å². The highest BCUT2D eigenvalue weighted by molar-refractivity contribution is 5.89. The number of ether oxygens (including phenoxy) is 1. The van der Waals surface area contributed by atoms with Gasteiger partial charge in [0.2, 0.25) is 5.95 Å². The lowest BCUT2D eigenvalue weighted by atomic mass is 10.1. The maximum Gasteiger partial charge on any atom is 0.338 e. The number of nitrogens with one attached hydrogen (secondary N) is 2. The van der Waals surface area contributed by atoms with Crippen molar-refractivity contribution in [3.05, 3.63) is 65.4 Å². The minimum atomic E-state index is -0.339. The van der Waals surface area contributed by atoms with Crippen LogP contribution in [0.15, 0.2) is 48.7 Å². The van der Waals surface area contributed by atoms with Crippen molar-refractivity contribution in [2.75, 3.05) is 17.2 Å². The first-order chi connectivity index (χ1) is 13.6. The van der Waals surface area contributed by atoms with Gasteiger partial charge in [-0.1, -0.05) is 25.1 Å². The molecule has 0 aliphatic rings. The Morgan fingerprint density at radius 2 is 1.86 bits per heavy atom. The summed E-state index contributed by atoms with van der Waals surface area (Å²) in [6.45, 7) is 6.28. The Bertz CT molecular complexity index is 957. The van der Waals surface area contributed by atoms with Gasteiger partial charge in [0.1, 0.15) is 0 Å². The van der Waals surface area contributed by atoms with E-state index in [4.69, 9.17) is 4.74 Å². The molecule has 28 heavy (non-hydrogen) atoms. The molecule has 3 aromatic rings. The normalized spacial score (nSPS) is 10.4. The molecule has 0 bridgehead atoms. The summed E-state index contributed by atoms with van der Waals surface area (Å²) in [4.78, 5) is 16.2. The zero-order valence-electron chi connectivity index (χ0n) is 16.2. The van der Waals surface area contributed by atoms with Gasteiger partial charge in [-0.25, -0.2) is 4.79 Å². The monoisotopic (exact) mass is 377 g/mol. The molecule has 1 aromatic heterocycles. The summed E-state index contributed by atoms with van der Waals surface area (Å²) in [6, 6.07) is 13.1. The summed E-state index contributed by atoms with van der Waals surface area (Å²) in [7, 11) is 0. The van der Waals surface area contributed by atoms with Gasteiger partial charge >= 0.3 is 5.97 Å². The molecule has 7 nitrogen and oxygen atoms in total. The molecular weight excluding hydrogens is 354 g/mol. The summed E-state index contributed by atoms with van der Waals surface area (Å²) >= 11 is 0. The highest BCUT2D eigenvalue weighted by atomic mass is 16.5. The van der Waals surface area contributed by atoms with Gasteiger partial charge in [-0.3, -0.25) is 0 Å². The molecule has 1 heterocycles. The fourth-order valence-electron chi connectivity index (χ4n) is 2.78. The number of esters is 1. The standard InChI is InChI=1S/C21H23N5O2/c1-4-15-8-6-7-14(3)19(15)25-21-24-18(13-22-26-21)23-17-11-9-16(10-12-17)20(27)28-5-2/h6-13H,4-5H2,1-3H3,(H2,23,24,25,26). The van der Waals surface area contributed by atoms with Crippen LogP contribution >= 0.6 is 0 Å². The van der Waals surface area contributed by atoms with Crippen molar-refractivity contribution in [1.29, 1.82) is 0 Å². The minimum Gasteiger partial charge on any atom is -0.462 e. The Morgan fingerprint density at radius 3 is 2.57 bits per heavy atom. The van der Waals surface area contributed by atoms with Crippen molar-refractivity contribution in [2.45, 2.75) is 27.2 Å². The van der Waals surface area contributed by atoms with E-state index < -0.39 is 0 Å². The number of rotatable bonds is 7. The average Bonchev–Trinajstić information content (AvgIpc) is 2.70. The zero-order valence-corrected chi connectivity index (χ0v) is 16.2. The Hall–Kier alpha value is -3.48. The van der Waals surface area contributed by atoms with Crippen LogP contribution < -0.4 is 10.6 Å². The number of para-hydroxylation sites is 1. The molecule has 2 N–H and O–H groups in total. The van der Waals surface area contributed by atoms with E-state index >= 15 is 0 Å². The molecular formula is C21H23N5O2. The Morgan fingerprint density at radius 1 is 1.07 bits per heavy atom. The zero-order chi connectivity index (χ0) is 19.9. The molecule has 3 rings (SSSR count). The lowest BCUT2D eigenvalue weighted by Crippen LogP contribution is -2.06. The van der Waals surface area contributed by atoms with Crippen molar-refractivity contribution in [3.8, 4) is 0 Å². The predicted octanol–water partition coefficient (Wildman–Crippen LogP) is 4.41. The Kier molecular flexibility index (Phi) is 6.16. The third kappa shape index (κ3) is 4.62. The van der Waals surface area contributed by atoms with Crippen LogP contribution in [-0.4, -0.2) is 27.8 Å². The second kappa shape index (κ2) is 8.94. The third-order valence-corrected chi connectivity index (χ3v) is 4.20. The number of hydrogen-bond donors (Lipinski definition) is 2. The largest absolute Gasteiger partial charge is 0.462 e. The van der Waals surface area contributed by atoms with Crippen LogP contribution in [0.25, 0.3) is 0 Å². The van der Waals surface area contributed by atoms with Crippen LogP contribution in [0, 0.1) is 6.92 Å². The summed E-state index contributed by atoms with van der Waals surface area (Å²) in [5.74, 6) is 0.624. The van der Waals surface area contributed by atoms with Crippen LogP contribution in [-0.2, 0) is 11.2 Å². The van der Waals surface area contributed by atoms with Gasteiger partial charge < -0.3 is 15.4 Å². The molecule has 0 saturated heterocycles. The molecule has 0 amide bonds. The van der Waals surface area contributed by atoms with E-state index in [2.05, 4.69) is 38.8 Å².